The zero-order chi connectivity index (χ0) is 16.2. The fourth-order valence-electron chi connectivity index (χ4n) is 2.69. The first kappa shape index (κ1) is 16.5. The molecule has 0 bridgehead atoms. The maximum atomic E-state index is 12.5. The number of amides is 2. The molecule has 2 aromatic rings. The fraction of sp³-hybridized carbons (Fsp3) is 0.353. The molecule has 1 aromatic heterocycles. The van der Waals surface area contributed by atoms with Crippen LogP contribution in [0.15, 0.2) is 46.3 Å². The van der Waals surface area contributed by atoms with Crippen molar-refractivity contribution in [3.05, 3.63) is 56.7 Å². The van der Waals surface area contributed by atoms with E-state index in [0.29, 0.717) is 19.6 Å². The van der Waals surface area contributed by atoms with Crippen molar-refractivity contribution in [3.63, 3.8) is 0 Å². The van der Waals surface area contributed by atoms with Crippen molar-refractivity contribution >= 4 is 33.3 Å². The highest BCUT2D eigenvalue weighted by Crippen LogP contribution is 2.25. The number of nitrogens with zero attached hydrogens (tertiary/aromatic N) is 1. The molecule has 1 aliphatic rings. The van der Waals surface area contributed by atoms with E-state index in [4.69, 9.17) is 4.74 Å². The van der Waals surface area contributed by atoms with Gasteiger partial charge < -0.3 is 15.0 Å². The summed E-state index contributed by atoms with van der Waals surface area (Å²) in [5.74, 6) is 0. The molecule has 0 saturated carbocycles. The van der Waals surface area contributed by atoms with Crippen LogP contribution < -0.4 is 5.32 Å². The molecule has 2 atom stereocenters. The van der Waals surface area contributed by atoms with E-state index >= 15 is 0 Å². The lowest BCUT2D eigenvalue weighted by atomic mass is 10.1. The quantitative estimate of drug-likeness (QED) is 0.847. The van der Waals surface area contributed by atoms with E-state index < -0.39 is 0 Å². The summed E-state index contributed by atoms with van der Waals surface area (Å²) in [6, 6.07) is 12.0. The van der Waals surface area contributed by atoms with E-state index in [0.717, 1.165) is 14.9 Å². The van der Waals surface area contributed by atoms with E-state index in [1.54, 1.807) is 11.3 Å². The van der Waals surface area contributed by atoms with Gasteiger partial charge in [0.05, 0.1) is 19.2 Å². The van der Waals surface area contributed by atoms with Gasteiger partial charge >= 0.3 is 6.03 Å². The van der Waals surface area contributed by atoms with Crippen molar-refractivity contribution in [3.8, 4) is 0 Å². The van der Waals surface area contributed by atoms with Crippen LogP contribution in [-0.4, -0.2) is 30.1 Å². The number of carbonyl (C=O) groups is 1. The first-order chi connectivity index (χ1) is 11.1. The third kappa shape index (κ3) is 4.13. The molecule has 1 fully saturated rings. The second-order valence-electron chi connectivity index (χ2n) is 5.60. The van der Waals surface area contributed by atoms with Crippen molar-refractivity contribution in [1.82, 2.24) is 10.2 Å². The molecule has 2 heterocycles. The number of thiophene rings is 1. The average Bonchev–Trinajstić information content (AvgIpc) is 2.98. The highest BCUT2D eigenvalue weighted by Gasteiger charge is 2.29. The summed E-state index contributed by atoms with van der Waals surface area (Å²) in [6.45, 7) is 3.73. The van der Waals surface area contributed by atoms with Gasteiger partial charge in [-0.3, -0.25) is 0 Å². The Kier molecular flexibility index (Phi) is 5.35. The van der Waals surface area contributed by atoms with Gasteiger partial charge in [-0.1, -0.05) is 30.3 Å². The van der Waals surface area contributed by atoms with Crippen LogP contribution in [0.25, 0.3) is 0 Å². The Balaban J connectivity index is 1.62. The number of hydrogen-bond donors (Lipinski definition) is 1. The predicted molar refractivity (Wildman–Crippen MR) is 95.6 cm³/mol. The summed E-state index contributed by atoms with van der Waals surface area (Å²) in [4.78, 5) is 15.4. The molecule has 6 heteroatoms. The smallest absolute Gasteiger partial charge is 0.317 e. The molecule has 2 amide bonds. The van der Waals surface area contributed by atoms with Gasteiger partial charge in [-0.15, -0.1) is 11.3 Å². The van der Waals surface area contributed by atoms with E-state index in [1.165, 1.54) is 0 Å². The monoisotopic (exact) mass is 394 g/mol. The Morgan fingerprint density at radius 2 is 2.13 bits per heavy atom. The first-order valence-corrected chi connectivity index (χ1v) is 9.26. The number of halogens is 1. The van der Waals surface area contributed by atoms with Crippen molar-refractivity contribution in [2.24, 2.45) is 0 Å². The minimum Gasteiger partial charge on any atom is -0.367 e. The number of rotatable bonds is 3. The number of nitrogens with one attached hydrogen (secondary N) is 1. The standard InChI is InChI=1S/C17H19BrN2O2S/c1-12-10-20(11-15(22-12)13-5-3-2-4-6-13)17(21)19-9-16-14(18)7-8-23-16/h2-8,12,15H,9-11H2,1H3,(H,19,21)/t12-,15-/m1/s1. The predicted octanol–water partition coefficient (Wildman–Crippen LogP) is 4.18. The summed E-state index contributed by atoms with van der Waals surface area (Å²) in [5, 5.41) is 5.01. The number of urea groups is 1. The number of benzene rings is 1. The minimum absolute atomic E-state index is 0.0215. The molecule has 0 spiro atoms. The summed E-state index contributed by atoms with van der Waals surface area (Å²) < 4.78 is 7.04. The lowest BCUT2D eigenvalue weighted by molar-refractivity contribution is -0.0657. The molecule has 0 radical (unpaired) electrons. The van der Waals surface area contributed by atoms with Gasteiger partial charge in [0.25, 0.3) is 0 Å². The summed E-state index contributed by atoms with van der Waals surface area (Å²) in [6.07, 6.45) is -0.0487. The number of hydrogen-bond acceptors (Lipinski definition) is 3. The van der Waals surface area contributed by atoms with Gasteiger partial charge in [-0.05, 0) is 39.9 Å². The van der Waals surface area contributed by atoms with Gasteiger partial charge in [0.1, 0.15) is 6.10 Å². The van der Waals surface area contributed by atoms with Crippen LogP contribution in [0, 0.1) is 0 Å². The molecule has 0 unspecified atom stereocenters. The molecular weight excluding hydrogens is 376 g/mol. The van der Waals surface area contributed by atoms with Crippen molar-refractivity contribution in [2.75, 3.05) is 13.1 Å². The third-order valence-corrected chi connectivity index (χ3v) is 5.74. The molecule has 0 aliphatic carbocycles. The Bertz CT molecular complexity index is 662. The van der Waals surface area contributed by atoms with E-state index in [9.17, 15) is 4.79 Å². The normalized spacial score (nSPS) is 21.2. The number of morpholine rings is 1. The van der Waals surface area contributed by atoms with Crippen LogP contribution in [0.5, 0.6) is 0 Å². The zero-order valence-electron chi connectivity index (χ0n) is 12.9. The Morgan fingerprint density at radius 1 is 1.35 bits per heavy atom. The van der Waals surface area contributed by atoms with Gasteiger partial charge in [0.15, 0.2) is 0 Å². The van der Waals surface area contributed by atoms with Gasteiger partial charge in [-0.2, -0.15) is 0 Å². The molecule has 1 saturated heterocycles. The molecule has 1 N–H and O–H groups in total. The Labute approximate surface area is 148 Å². The maximum Gasteiger partial charge on any atom is 0.317 e. The third-order valence-electron chi connectivity index (χ3n) is 3.81. The fourth-order valence-corrected chi connectivity index (χ4v) is 4.12. The minimum atomic E-state index is -0.0702. The maximum absolute atomic E-state index is 12.5. The van der Waals surface area contributed by atoms with Crippen LogP contribution >= 0.6 is 27.3 Å². The molecule has 4 nitrogen and oxygen atoms in total. The summed E-state index contributed by atoms with van der Waals surface area (Å²) in [7, 11) is 0. The molecule has 23 heavy (non-hydrogen) atoms. The zero-order valence-corrected chi connectivity index (χ0v) is 15.3. The number of carbonyl (C=O) groups excluding carboxylic acids is 1. The van der Waals surface area contributed by atoms with Crippen molar-refractivity contribution < 1.29 is 9.53 Å². The van der Waals surface area contributed by atoms with Gasteiger partial charge in [0, 0.05) is 15.9 Å². The topological polar surface area (TPSA) is 41.6 Å². The largest absolute Gasteiger partial charge is 0.367 e. The molecular formula is C17H19BrN2O2S. The van der Waals surface area contributed by atoms with Crippen LogP contribution in [-0.2, 0) is 11.3 Å². The lowest BCUT2D eigenvalue weighted by Gasteiger charge is -2.37. The lowest BCUT2D eigenvalue weighted by Crippen LogP contribution is -2.49. The highest BCUT2D eigenvalue weighted by atomic mass is 79.9. The van der Waals surface area contributed by atoms with Crippen LogP contribution in [0.3, 0.4) is 0 Å². The van der Waals surface area contributed by atoms with Gasteiger partial charge in [-0.25, -0.2) is 4.79 Å². The van der Waals surface area contributed by atoms with E-state index in [1.807, 2.05) is 53.6 Å². The van der Waals surface area contributed by atoms with Crippen LogP contribution in [0.4, 0.5) is 4.79 Å². The second-order valence-corrected chi connectivity index (χ2v) is 7.46. The molecule has 3 rings (SSSR count). The number of ether oxygens (including phenoxy) is 1. The molecule has 1 aliphatic heterocycles. The van der Waals surface area contributed by atoms with E-state index in [-0.39, 0.29) is 18.2 Å². The summed E-state index contributed by atoms with van der Waals surface area (Å²) in [5.41, 5.74) is 1.11. The average molecular weight is 395 g/mol. The first-order valence-electron chi connectivity index (χ1n) is 7.58. The SMILES string of the molecule is C[C@@H]1CN(C(=O)NCc2sccc2Br)C[C@H](c2ccccc2)O1. The summed E-state index contributed by atoms with van der Waals surface area (Å²) >= 11 is 5.12. The molecule has 122 valence electrons. The van der Waals surface area contributed by atoms with Crippen LogP contribution in [0.2, 0.25) is 0 Å². The van der Waals surface area contributed by atoms with Crippen molar-refractivity contribution in [2.45, 2.75) is 25.7 Å². The van der Waals surface area contributed by atoms with Crippen LogP contribution in [0.1, 0.15) is 23.5 Å². The van der Waals surface area contributed by atoms with Crippen molar-refractivity contribution in [1.29, 1.82) is 0 Å². The Morgan fingerprint density at radius 3 is 2.83 bits per heavy atom. The van der Waals surface area contributed by atoms with E-state index in [2.05, 4.69) is 21.2 Å². The van der Waals surface area contributed by atoms with Gasteiger partial charge in [0.2, 0.25) is 0 Å². The highest BCUT2D eigenvalue weighted by molar-refractivity contribution is 9.10. The Hall–Kier alpha value is -1.37. The second kappa shape index (κ2) is 7.47. The molecule has 1 aromatic carbocycles.